The summed E-state index contributed by atoms with van der Waals surface area (Å²) in [5.41, 5.74) is -3.71. The van der Waals surface area contributed by atoms with Gasteiger partial charge < -0.3 is 10.6 Å². The zero-order chi connectivity index (χ0) is 15.8. The number of hydrogen-bond donors (Lipinski definition) is 2. The van der Waals surface area contributed by atoms with Gasteiger partial charge in [0.25, 0.3) is 0 Å². The maximum absolute atomic E-state index is 13.4. The van der Waals surface area contributed by atoms with Gasteiger partial charge >= 0.3 is 6.18 Å². The maximum atomic E-state index is 13.4. The Bertz CT molecular complexity index is 566. The summed E-state index contributed by atoms with van der Waals surface area (Å²) in [6, 6.07) is 0.643. The summed E-state index contributed by atoms with van der Waals surface area (Å²) in [5, 5.41) is 4.03. The first-order chi connectivity index (χ1) is 9.67. The second-order valence-electron chi connectivity index (χ2n) is 4.71. The number of benzene rings is 1. The van der Waals surface area contributed by atoms with Crippen LogP contribution in [0.5, 0.6) is 0 Å². The molecule has 0 radical (unpaired) electrons. The van der Waals surface area contributed by atoms with Crippen LogP contribution in [0, 0.1) is 22.9 Å². The first-order valence-electron chi connectivity index (χ1n) is 5.91. The highest BCUT2D eigenvalue weighted by Crippen LogP contribution is 2.44. The standard InChI is InChI=1S/C12H10F6N2O/c13-6-3-7(14)9(15)8(4-6)20-10(21)11(12(16,17)18)1-2-19-5-11/h3-4,19H,1-2,5H2,(H,20,21). The van der Waals surface area contributed by atoms with Crippen LogP contribution in [0.1, 0.15) is 6.42 Å². The van der Waals surface area contributed by atoms with Crippen LogP contribution < -0.4 is 10.6 Å². The van der Waals surface area contributed by atoms with E-state index in [2.05, 4.69) is 5.32 Å². The van der Waals surface area contributed by atoms with E-state index in [-0.39, 0.29) is 12.6 Å². The first-order valence-corrected chi connectivity index (χ1v) is 5.91. The van der Waals surface area contributed by atoms with E-state index in [4.69, 9.17) is 0 Å². The van der Waals surface area contributed by atoms with Crippen molar-refractivity contribution < 1.29 is 31.1 Å². The topological polar surface area (TPSA) is 41.1 Å². The Kier molecular flexibility index (Phi) is 3.87. The fourth-order valence-corrected chi connectivity index (χ4v) is 2.15. The summed E-state index contributed by atoms with van der Waals surface area (Å²) in [4.78, 5) is 11.9. The van der Waals surface area contributed by atoms with E-state index in [9.17, 15) is 31.1 Å². The highest BCUT2D eigenvalue weighted by atomic mass is 19.4. The van der Waals surface area contributed by atoms with Crippen molar-refractivity contribution in [2.24, 2.45) is 5.41 Å². The molecule has 0 spiro atoms. The van der Waals surface area contributed by atoms with Crippen molar-refractivity contribution in [1.29, 1.82) is 0 Å². The van der Waals surface area contributed by atoms with Gasteiger partial charge in [-0.1, -0.05) is 0 Å². The van der Waals surface area contributed by atoms with Gasteiger partial charge in [-0.05, 0) is 13.0 Å². The van der Waals surface area contributed by atoms with Gasteiger partial charge in [0.15, 0.2) is 17.0 Å². The molecule has 9 heteroatoms. The molecule has 1 saturated heterocycles. The molecular weight excluding hydrogens is 302 g/mol. The molecule has 2 N–H and O–H groups in total. The molecule has 3 nitrogen and oxygen atoms in total. The first kappa shape index (κ1) is 15.6. The minimum atomic E-state index is -4.87. The lowest BCUT2D eigenvalue weighted by Gasteiger charge is -2.29. The summed E-state index contributed by atoms with van der Waals surface area (Å²) in [6.45, 7) is -0.728. The second kappa shape index (κ2) is 5.21. The summed E-state index contributed by atoms with van der Waals surface area (Å²) < 4.78 is 78.6. The predicted molar refractivity (Wildman–Crippen MR) is 60.9 cm³/mol. The van der Waals surface area contributed by atoms with Gasteiger partial charge in [0.2, 0.25) is 5.91 Å². The molecule has 1 aliphatic heterocycles. The van der Waals surface area contributed by atoms with Gasteiger partial charge in [-0.2, -0.15) is 13.2 Å². The zero-order valence-electron chi connectivity index (χ0n) is 10.5. The molecule has 1 unspecified atom stereocenters. The van der Waals surface area contributed by atoms with Crippen molar-refractivity contribution in [2.75, 3.05) is 18.4 Å². The SMILES string of the molecule is O=C(Nc1cc(F)cc(F)c1F)C1(C(F)(F)F)CCNC1. The second-order valence-corrected chi connectivity index (χ2v) is 4.71. The van der Waals surface area contributed by atoms with Crippen LogP contribution in [0.15, 0.2) is 12.1 Å². The number of nitrogens with one attached hydrogen (secondary N) is 2. The molecule has 21 heavy (non-hydrogen) atoms. The van der Waals surface area contributed by atoms with Crippen molar-refractivity contribution in [3.05, 3.63) is 29.6 Å². The minimum Gasteiger partial charge on any atom is -0.323 e. The molecule has 116 valence electrons. The number of carbonyl (C=O) groups excluding carboxylic acids is 1. The Morgan fingerprint density at radius 3 is 2.43 bits per heavy atom. The number of carbonyl (C=O) groups is 1. The van der Waals surface area contributed by atoms with Crippen LogP contribution >= 0.6 is 0 Å². The van der Waals surface area contributed by atoms with Crippen molar-refractivity contribution >= 4 is 11.6 Å². The molecule has 0 saturated carbocycles. The fraction of sp³-hybridized carbons (Fsp3) is 0.417. The monoisotopic (exact) mass is 312 g/mol. The average molecular weight is 312 g/mol. The smallest absolute Gasteiger partial charge is 0.323 e. The maximum Gasteiger partial charge on any atom is 0.404 e. The largest absolute Gasteiger partial charge is 0.404 e. The van der Waals surface area contributed by atoms with Gasteiger partial charge in [0.05, 0.1) is 5.69 Å². The number of alkyl halides is 3. The summed E-state index contributed by atoms with van der Waals surface area (Å²) >= 11 is 0. The van der Waals surface area contributed by atoms with Gasteiger partial charge in [-0.15, -0.1) is 0 Å². The molecule has 1 aromatic rings. The number of anilines is 1. The van der Waals surface area contributed by atoms with Gasteiger partial charge in [-0.25, -0.2) is 13.2 Å². The average Bonchev–Trinajstić information content (AvgIpc) is 2.85. The number of hydrogen-bond acceptors (Lipinski definition) is 2. The van der Waals surface area contributed by atoms with Gasteiger partial charge in [-0.3, -0.25) is 4.79 Å². The van der Waals surface area contributed by atoms with E-state index in [1.165, 1.54) is 0 Å². The van der Waals surface area contributed by atoms with E-state index in [1.54, 1.807) is 5.32 Å². The lowest BCUT2D eigenvalue weighted by atomic mass is 9.85. The normalized spacial score (nSPS) is 22.4. The molecule has 1 amide bonds. The van der Waals surface area contributed by atoms with Crippen molar-refractivity contribution in [3.8, 4) is 0 Å². The molecule has 1 aromatic carbocycles. The Labute approximate surface area is 115 Å². The highest BCUT2D eigenvalue weighted by Gasteiger charge is 2.61. The third-order valence-corrected chi connectivity index (χ3v) is 3.37. The van der Waals surface area contributed by atoms with Crippen LogP contribution in [-0.2, 0) is 4.79 Å². The molecule has 1 aliphatic rings. The van der Waals surface area contributed by atoms with Crippen LogP contribution in [0.25, 0.3) is 0 Å². The van der Waals surface area contributed by atoms with Crippen molar-refractivity contribution in [3.63, 3.8) is 0 Å². The third-order valence-electron chi connectivity index (χ3n) is 3.37. The number of amides is 1. The van der Waals surface area contributed by atoms with Crippen molar-refractivity contribution in [2.45, 2.75) is 12.6 Å². The Morgan fingerprint density at radius 2 is 1.90 bits per heavy atom. The number of halogens is 6. The Balaban J connectivity index is 2.33. The lowest BCUT2D eigenvalue weighted by Crippen LogP contribution is -2.49. The van der Waals surface area contributed by atoms with Gasteiger partial charge in [0, 0.05) is 18.7 Å². The van der Waals surface area contributed by atoms with E-state index >= 15 is 0 Å². The summed E-state index contributed by atoms with van der Waals surface area (Å²) in [5.74, 6) is -5.98. The van der Waals surface area contributed by atoms with E-state index in [0.29, 0.717) is 6.07 Å². The molecule has 1 atom stereocenters. The van der Waals surface area contributed by atoms with Gasteiger partial charge in [0.1, 0.15) is 5.82 Å². The van der Waals surface area contributed by atoms with Crippen molar-refractivity contribution in [1.82, 2.24) is 5.32 Å². The number of rotatable bonds is 2. The predicted octanol–water partition coefficient (Wildman–Crippen LogP) is 2.58. The highest BCUT2D eigenvalue weighted by molar-refractivity contribution is 5.96. The Morgan fingerprint density at radius 1 is 1.24 bits per heavy atom. The summed E-state index contributed by atoms with van der Waals surface area (Å²) in [6.07, 6.45) is -5.41. The summed E-state index contributed by atoms with van der Waals surface area (Å²) in [7, 11) is 0. The molecule has 0 bridgehead atoms. The quantitative estimate of drug-likeness (QED) is 0.651. The van der Waals surface area contributed by atoms with E-state index in [1.807, 2.05) is 0 Å². The molecule has 1 fully saturated rings. The van der Waals surface area contributed by atoms with Crippen LogP contribution in [0.3, 0.4) is 0 Å². The molecule has 2 rings (SSSR count). The minimum absolute atomic E-state index is 0.0487. The lowest BCUT2D eigenvalue weighted by molar-refractivity contribution is -0.213. The third kappa shape index (κ3) is 2.69. The van der Waals surface area contributed by atoms with Crippen LogP contribution in [0.2, 0.25) is 0 Å². The van der Waals surface area contributed by atoms with E-state index < -0.39 is 53.6 Å². The zero-order valence-corrected chi connectivity index (χ0v) is 10.5. The molecule has 0 aliphatic carbocycles. The fourth-order valence-electron chi connectivity index (χ4n) is 2.15. The van der Waals surface area contributed by atoms with Crippen LogP contribution in [0.4, 0.5) is 32.0 Å². The van der Waals surface area contributed by atoms with Crippen LogP contribution in [-0.4, -0.2) is 25.2 Å². The molecule has 0 aromatic heterocycles. The Hall–Kier alpha value is -1.77. The molecule has 1 heterocycles. The van der Waals surface area contributed by atoms with E-state index in [0.717, 1.165) is 0 Å². The molecular formula is C12H10F6N2O.